The maximum absolute atomic E-state index is 14.9. The number of allylic oxidation sites excluding steroid dienone is 4. The standard InChI is InChI=1S/C46H34N2O2/c1-29-13-8-17-32(27-29)35-20-10-22-37-38-23-11-21-36(33-18-9-14-30(2)28-33)44(38)47(43(35)37)41-26-12-24-39-42(41)46(50)48(45(39)49)40-25-7-6-19-34(40)31-15-4-3-5-16-31/h3-13,15-28,30H,14H2,1-2H3. The van der Waals surface area contributed by atoms with Gasteiger partial charge in [-0.2, -0.15) is 0 Å². The molecule has 240 valence electrons. The Morgan fingerprint density at radius 3 is 1.98 bits per heavy atom. The van der Waals surface area contributed by atoms with E-state index >= 15 is 0 Å². The minimum Gasteiger partial charge on any atom is -0.307 e. The maximum atomic E-state index is 14.9. The average Bonchev–Trinajstić information content (AvgIpc) is 3.62. The van der Waals surface area contributed by atoms with Crippen LogP contribution in [0.25, 0.3) is 55.3 Å². The number of aryl methyl sites for hydroxylation is 1. The zero-order chi connectivity index (χ0) is 33.9. The van der Waals surface area contributed by atoms with Crippen molar-refractivity contribution in [1.82, 2.24) is 4.57 Å². The van der Waals surface area contributed by atoms with Crippen LogP contribution in [-0.2, 0) is 0 Å². The van der Waals surface area contributed by atoms with Gasteiger partial charge in [0.2, 0.25) is 0 Å². The van der Waals surface area contributed by atoms with Crippen LogP contribution < -0.4 is 4.90 Å². The number of amides is 2. The summed E-state index contributed by atoms with van der Waals surface area (Å²) >= 11 is 0. The molecule has 0 fully saturated rings. The molecule has 2 heterocycles. The number of imide groups is 1. The highest BCUT2D eigenvalue weighted by Crippen LogP contribution is 2.44. The van der Waals surface area contributed by atoms with Gasteiger partial charge in [-0.25, -0.2) is 4.90 Å². The molecular formula is C46H34N2O2. The minimum atomic E-state index is -0.324. The van der Waals surface area contributed by atoms with E-state index in [2.05, 4.69) is 97.3 Å². The SMILES string of the molecule is Cc1cccc(-c2cccc3c4cccc(C5=CC(C)CC=C5)c4n(-c4cccc5c4C(=O)N(c4ccccc4-c4ccccc4)C5=O)c23)c1. The molecule has 1 aliphatic heterocycles. The summed E-state index contributed by atoms with van der Waals surface area (Å²) in [5.74, 6) is -0.235. The molecular weight excluding hydrogens is 613 g/mol. The van der Waals surface area contributed by atoms with E-state index in [-0.39, 0.29) is 11.8 Å². The molecule has 4 heteroatoms. The number of carbonyl (C=O) groups is 2. The molecule has 0 spiro atoms. The first kappa shape index (κ1) is 29.8. The zero-order valence-corrected chi connectivity index (χ0v) is 27.9. The predicted octanol–water partition coefficient (Wildman–Crippen LogP) is 11.2. The fraction of sp³-hybridized carbons (Fsp3) is 0.0870. The molecule has 4 nitrogen and oxygen atoms in total. The van der Waals surface area contributed by atoms with Gasteiger partial charge >= 0.3 is 0 Å². The van der Waals surface area contributed by atoms with Gasteiger partial charge < -0.3 is 4.57 Å². The van der Waals surface area contributed by atoms with Crippen molar-refractivity contribution in [2.75, 3.05) is 4.90 Å². The van der Waals surface area contributed by atoms with Crippen molar-refractivity contribution < 1.29 is 9.59 Å². The van der Waals surface area contributed by atoms with Crippen LogP contribution in [0.15, 0.2) is 152 Å². The van der Waals surface area contributed by atoms with Crippen LogP contribution in [0.4, 0.5) is 5.69 Å². The lowest BCUT2D eigenvalue weighted by atomic mass is 9.92. The summed E-state index contributed by atoms with van der Waals surface area (Å²) in [6, 6.07) is 44.7. The van der Waals surface area contributed by atoms with E-state index in [1.165, 1.54) is 10.5 Å². The number of nitrogens with zero attached hydrogens (tertiary/aromatic N) is 2. The molecule has 1 aliphatic carbocycles. The zero-order valence-electron chi connectivity index (χ0n) is 27.9. The number of aromatic nitrogens is 1. The molecule has 0 saturated heterocycles. The van der Waals surface area contributed by atoms with E-state index in [0.29, 0.717) is 28.4 Å². The van der Waals surface area contributed by atoms with Crippen LogP contribution in [0.5, 0.6) is 0 Å². The second-order valence-electron chi connectivity index (χ2n) is 13.4. The van der Waals surface area contributed by atoms with E-state index in [4.69, 9.17) is 0 Å². The van der Waals surface area contributed by atoms with Crippen molar-refractivity contribution in [3.05, 3.63) is 174 Å². The van der Waals surface area contributed by atoms with E-state index in [1.54, 1.807) is 6.07 Å². The van der Waals surface area contributed by atoms with Gasteiger partial charge in [0.25, 0.3) is 11.8 Å². The number of anilines is 1. The largest absolute Gasteiger partial charge is 0.307 e. The van der Waals surface area contributed by atoms with Crippen LogP contribution in [0, 0.1) is 12.8 Å². The van der Waals surface area contributed by atoms with Crippen LogP contribution in [-0.4, -0.2) is 16.4 Å². The van der Waals surface area contributed by atoms with Crippen molar-refractivity contribution in [2.24, 2.45) is 5.92 Å². The van der Waals surface area contributed by atoms with Crippen molar-refractivity contribution >= 4 is 44.9 Å². The second kappa shape index (κ2) is 11.7. The first-order valence-corrected chi connectivity index (χ1v) is 17.2. The summed E-state index contributed by atoms with van der Waals surface area (Å²) in [6.45, 7) is 4.35. The van der Waals surface area contributed by atoms with Crippen LogP contribution in [0.2, 0.25) is 0 Å². The van der Waals surface area contributed by atoms with Gasteiger partial charge in [-0.05, 0) is 54.2 Å². The molecule has 0 bridgehead atoms. The Balaban J connectivity index is 1.35. The van der Waals surface area contributed by atoms with Crippen LogP contribution >= 0.6 is 0 Å². The Kier molecular flexibility index (Phi) is 6.99. The molecule has 1 aromatic heterocycles. The van der Waals surface area contributed by atoms with Gasteiger partial charge in [0.1, 0.15) is 0 Å². The minimum absolute atomic E-state index is 0.318. The molecule has 9 rings (SSSR count). The smallest absolute Gasteiger partial charge is 0.268 e. The topological polar surface area (TPSA) is 42.3 Å². The maximum Gasteiger partial charge on any atom is 0.268 e. The third-order valence-electron chi connectivity index (χ3n) is 10.1. The monoisotopic (exact) mass is 646 g/mol. The highest BCUT2D eigenvalue weighted by Gasteiger charge is 2.40. The lowest BCUT2D eigenvalue weighted by Gasteiger charge is -2.19. The molecule has 50 heavy (non-hydrogen) atoms. The molecule has 7 aromatic rings. The lowest BCUT2D eigenvalue weighted by Crippen LogP contribution is -2.30. The molecule has 1 unspecified atom stereocenters. The number of fused-ring (bicyclic) bond motifs is 4. The molecule has 2 amide bonds. The number of rotatable bonds is 5. The average molecular weight is 647 g/mol. The summed E-state index contributed by atoms with van der Waals surface area (Å²) in [5.41, 5.74) is 11.5. The summed E-state index contributed by atoms with van der Waals surface area (Å²) in [6.07, 6.45) is 7.80. The van der Waals surface area contributed by atoms with Crippen molar-refractivity contribution in [3.63, 3.8) is 0 Å². The van der Waals surface area contributed by atoms with E-state index in [9.17, 15) is 9.59 Å². The van der Waals surface area contributed by atoms with E-state index < -0.39 is 0 Å². The summed E-state index contributed by atoms with van der Waals surface area (Å²) in [7, 11) is 0. The summed E-state index contributed by atoms with van der Waals surface area (Å²) in [4.78, 5) is 30.6. The van der Waals surface area contributed by atoms with Gasteiger partial charge in [0.05, 0.1) is 33.5 Å². The van der Waals surface area contributed by atoms with Gasteiger partial charge in [0.15, 0.2) is 0 Å². The Morgan fingerprint density at radius 2 is 1.20 bits per heavy atom. The normalized spacial score (nSPS) is 15.6. The third-order valence-corrected chi connectivity index (χ3v) is 10.1. The molecule has 1 atom stereocenters. The highest BCUT2D eigenvalue weighted by molar-refractivity contribution is 6.36. The predicted molar refractivity (Wildman–Crippen MR) is 205 cm³/mol. The summed E-state index contributed by atoms with van der Waals surface area (Å²) < 4.78 is 2.25. The van der Waals surface area contributed by atoms with E-state index in [0.717, 1.165) is 61.6 Å². The van der Waals surface area contributed by atoms with E-state index in [1.807, 2.05) is 66.7 Å². The van der Waals surface area contributed by atoms with Gasteiger partial charge in [-0.1, -0.05) is 146 Å². The summed E-state index contributed by atoms with van der Waals surface area (Å²) in [5, 5.41) is 2.19. The van der Waals surface area contributed by atoms with Gasteiger partial charge in [0, 0.05) is 27.5 Å². The quantitative estimate of drug-likeness (QED) is 0.175. The fourth-order valence-electron chi connectivity index (χ4n) is 7.86. The van der Waals surface area contributed by atoms with Crippen molar-refractivity contribution in [2.45, 2.75) is 20.3 Å². The number of hydrogen-bond donors (Lipinski definition) is 0. The fourth-order valence-corrected chi connectivity index (χ4v) is 7.86. The van der Waals surface area contributed by atoms with Crippen molar-refractivity contribution in [3.8, 4) is 27.9 Å². The lowest BCUT2D eigenvalue weighted by molar-refractivity contribution is 0.0926. The van der Waals surface area contributed by atoms with Crippen LogP contribution in [0.3, 0.4) is 0 Å². The number of carbonyl (C=O) groups excluding carboxylic acids is 2. The van der Waals surface area contributed by atoms with Crippen molar-refractivity contribution in [1.29, 1.82) is 0 Å². The molecule has 0 N–H and O–H groups in total. The van der Waals surface area contributed by atoms with Gasteiger partial charge in [-0.3, -0.25) is 9.59 Å². The first-order chi connectivity index (χ1) is 24.5. The Morgan fingerprint density at radius 1 is 0.580 bits per heavy atom. The Bertz CT molecular complexity index is 2590. The third kappa shape index (κ3) is 4.60. The number of hydrogen-bond acceptors (Lipinski definition) is 2. The van der Waals surface area contributed by atoms with Crippen LogP contribution in [0.1, 0.15) is 45.2 Å². The molecule has 6 aromatic carbocycles. The first-order valence-electron chi connectivity index (χ1n) is 17.2. The number of para-hydroxylation sites is 3. The Hall–Kier alpha value is -6.26. The second-order valence-corrected chi connectivity index (χ2v) is 13.4. The number of benzene rings is 6. The Labute approximate surface area is 291 Å². The van der Waals surface area contributed by atoms with Gasteiger partial charge in [-0.15, -0.1) is 0 Å². The molecule has 0 radical (unpaired) electrons. The highest BCUT2D eigenvalue weighted by atomic mass is 16.2. The molecule has 2 aliphatic rings. The molecule has 0 saturated carbocycles.